The van der Waals surface area contributed by atoms with Crippen LogP contribution in [-0.4, -0.2) is 23.2 Å². The number of carboxylic acid groups (broad SMARTS) is 1. The predicted molar refractivity (Wildman–Crippen MR) is 102 cm³/mol. The summed E-state index contributed by atoms with van der Waals surface area (Å²) < 4.78 is 5.53. The number of methoxy groups -OCH3 is 1. The van der Waals surface area contributed by atoms with Gasteiger partial charge in [-0.2, -0.15) is 0 Å². The van der Waals surface area contributed by atoms with E-state index in [1.165, 1.54) is 0 Å². The van der Waals surface area contributed by atoms with E-state index in [-0.39, 0.29) is 6.10 Å². The van der Waals surface area contributed by atoms with Gasteiger partial charge in [-0.25, -0.2) is 4.98 Å². The normalized spacial score (nSPS) is 19.1. The number of aromatic nitrogens is 1. The second kappa shape index (κ2) is 7.02. The van der Waals surface area contributed by atoms with E-state index in [1.807, 2.05) is 30.3 Å². The van der Waals surface area contributed by atoms with E-state index in [1.54, 1.807) is 18.4 Å². The summed E-state index contributed by atoms with van der Waals surface area (Å²) in [6.45, 7) is 0. The molecule has 0 spiro atoms. The van der Waals surface area contributed by atoms with Crippen LogP contribution in [0.15, 0.2) is 53.9 Å². The molecule has 0 saturated carbocycles. The number of rotatable bonds is 4. The Morgan fingerprint density at radius 2 is 2.00 bits per heavy atom. The van der Waals surface area contributed by atoms with Crippen molar-refractivity contribution in [1.82, 2.24) is 4.98 Å². The zero-order valence-corrected chi connectivity index (χ0v) is 15.2. The van der Waals surface area contributed by atoms with E-state index in [0.717, 1.165) is 33.0 Å². The number of benzene rings is 2. The molecule has 0 saturated heterocycles. The molecule has 1 aromatic heterocycles. The van der Waals surface area contributed by atoms with Gasteiger partial charge < -0.3 is 9.84 Å². The molecule has 0 aliphatic heterocycles. The van der Waals surface area contributed by atoms with Crippen LogP contribution in [0.4, 0.5) is 0 Å². The molecular weight excluding hydrogens is 346 g/mol. The van der Waals surface area contributed by atoms with Crippen LogP contribution in [0.25, 0.3) is 21.8 Å². The van der Waals surface area contributed by atoms with E-state index >= 15 is 0 Å². The molecule has 5 heteroatoms. The molecule has 4 rings (SSSR count). The van der Waals surface area contributed by atoms with Gasteiger partial charge in [0.25, 0.3) is 0 Å². The highest BCUT2D eigenvalue weighted by Crippen LogP contribution is 2.38. The quantitative estimate of drug-likeness (QED) is 0.721. The SMILES string of the molecule is COC1CC(C(=O)O)Cc2cc(-c3nc(-c4ccccc4)cs3)ccc21. The van der Waals surface area contributed by atoms with Gasteiger partial charge in [0.05, 0.1) is 17.7 Å². The van der Waals surface area contributed by atoms with E-state index in [9.17, 15) is 9.90 Å². The number of thiazole rings is 1. The van der Waals surface area contributed by atoms with Gasteiger partial charge in [0.15, 0.2) is 0 Å². The summed E-state index contributed by atoms with van der Waals surface area (Å²) in [5, 5.41) is 12.4. The summed E-state index contributed by atoms with van der Waals surface area (Å²) in [5.41, 5.74) is 5.22. The minimum atomic E-state index is -0.760. The van der Waals surface area contributed by atoms with Crippen molar-refractivity contribution in [2.24, 2.45) is 5.92 Å². The molecule has 1 aliphatic carbocycles. The molecule has 4 nitrogen and oxygen atoms in total. The first-order chi connectivity index (χ1) is 12.7. The Kier molecular flexibility index (Phi) is 4.57. The second-order valence-corrected chi connectivity index (χ2v) is 7.37. The number of fused-ring (bicyclic) bond motifs is 1. The number of carboxylic acids is 1. The van der Waals surface area contributed by atoms with Crippen LogP contribution in [0, 0.1) is 5.92 Å². The minimum Gasteiger partial charge on any atom is -0.481 e. The Morgan fingerprint density at radius 3 is 2.73 bits per heavy atom. The van der Waals surface area contributed by atoms with Crippen LogP contribution in [0.2, 0.25) is 0 Å². The number of nitrogens with zero attached hydrogens (tertiary/aromatic N) is 1. The molecule has 1 heterocycles. The topological polar surface area (TPSA) is 59.4 Å². The van der Waals surface area contributed by atoms with Gasteiger partial charge in [-0.05, 0) is 30.0 Å². The molecule has 2 atom stereocenters. The van der Waals surface area contributed by atoms with Crippen molar-refractivity contribution in [2.75, 3.05) is 7.11 Å². The van der Waals surface area contributed by atoms with Crippen LogP contribution in [0.3, 0.4) is 0 Å². The molecule has 3 aromatic rings. The molecule has 0 fully saturated rings. The third-order valence-corrected chi connectivity index (χ3v) is 5.80. The van der Waals surface area contributed by atoms with E-state index in [4.69, 9.17) is 9.72 Å². The van der Waals surface area contributed by atoms with Gasteiger partial charge in [0, 0.05) is 23.6 Å². The first kappa shape index (κ1) is 16.9. The molecule has 2 aromatic carbocycles. The summed E-state index contributed by atoms with van der Waals surface area (Å²) in [4.78, 5) is 16.2. The minimum absolute atomic E-state index is 0.162. The fourth-order valence-corrected chi connectivity index (χ4v) is 4.35. The summed E-state index contributed by atoms with van der Waals surface area (Å²) in [6, 6.07) is 16.3. The van der Waals surface area contributed by atoms with E-state index < -0.39 is 11.9 Å². The number of hydrogen-bond acceptors (Lipinski definition) is 4. The van der Waals surface area contributed by atoms with Gasteiger partial charge in [0.2, 0.25) is 0 Å². The highest BCUT2D eigenvalue weighted by atomic mass is 32.1. The number of aliphatic carboxylic acids is 1. The van der Waals surface area contributed by atoms with Crippen LogP contribution in [0.5, 0.6) is 0 Å². The zero-order chi connectivity index (χ0) is 18.1. The largest absolute Gasteiger partial charge is 0.481 e. The smallest absolute Gasteiger partial charge is 0.306 e. The lowest BCUT2D eigenvalue weighted by Crippen LogP contribution is -2.26. The maximum absolute atomic E-state index is 11.5. The lowest BCUT2D eigenvalue weighted by Gasteiger charge is -2.28. The molecule has 0 amide bonds. The van der Waals surface area contributed by atoms with Crippen LogP contribution >= 0.6 is 11.3 Å². The summed E-state index contributed by atoms with van der Waals surface area (Å²) in [6.07, 6.45) is 0.896. The van der Waals surface area contributed by atoms with E-state index in [0.29, 0.717) is 12.8 Å². The Hall–Kier alpha value is -2.50. The first-order valence-corrected chi connectivity index (χ1v) is 9.43. The molecular formula is C21H19NO3S. The lowest BCUT2D eigenvalue weighted by molar-refractivity contribution is -0.143. The van der Waals surface area contributed by atoms with Crippen LogP contribution in [-0.2, 0) is 16.0 Å². The van der Waals surface area contributed by atoms with Gasteiger partial charge in [-0.3, -0.25) is 4.79 Å². The van der Waals surface area contributed by atoms with Crippen molar-refractivity contribution < 1.29 is 14.6 Å². The zero-order valence-electron chi connectivity index (χ0n) is 14.4. The maximum Gasteiger partial charge on any atom is 0.306 e. The van der Waals surface area contributed by atoms with Gasteiger partial charge in [-0.15, -0.1) is 11.3 Å². The monoisotopic (exact) mass is 365 g/mol. The number of carbonyl (C=O) groups is 1. The Balaban J connectivity index is 1.68. The Labute approximate surface area is 156 Å². The molecule has 0 bridgehead atoms. The summed E-state index contributed by atoms with van der Waals surface area (Å²) in [5.74, 6) is -1.16. The Morgan fingerprint density at radius 1 is 1.19 bits per heavy atom. The molecule has 2 unspecified atom stereocenters. The van der Waals surface area contributed by atoms with Crippen molar-refractivity contribution in [2.45, 2.75) is 18.9 Å². The fraction of sp³-hybridized carbons (Fsp3) is 0.238. The average molecular weight is 365 g/mol. The van der Waals surface area contributed by atoms with Crippen molar-refractivity contribution in [3.05, 3.63) is 65.0 Å². The summed E-state index contributed by atoms with van der Waals surface area (Å²) >= 11 is 1.60. The highest BCUT2D eigenvalue weighted by Gasteiger charge is 2.31. The van der Waals surface area contributed by atoms with Crippen molar-refractivity contribution >= 4 is 17.3 Å². The van der Waals surface area contributed by atoms with E-state index in [2.05, 4.69) is 23.6 Å². The first-order valence-electron chi connectivity index (χ1n) is 8.55. The van der Waals surface area contributed by atoms with Crippen molar-refractivity contribution in [1.29, 1.82) is 0 Å². The predicted octanol–water partition coefficient (Wildman–Crippen LogP) is 4.81. The molecule has 26 heavy (non-hydrogen) atoms. The van der Waals surface area contributed by atoms with Crippen LogP contribution in [0.1, 0.15) is 23.7 Å². The molecule has 1 N–H and O–H groups in total. The second-order valence-electron chi connectivity index (χ2n) is 6.52. The maximum atomic E-state index is 11.5. The number of ether oxygens (including phenoxy) is 1. The standard InChI is InChI=1S/C21H19NO3S/c1-25-19-11-16(21(23)24)10-15-9-14(7-8-17(15)19)20-22-18(12-26-20)13-5-3-2-4-6-13/h2-9,12,16,19H,10-11H2,1H3,(H,23,24). The van der Waals surface area contributed by atoms with Gasteiger partial charge in [0.1, 0.15) is 5.01 Å². The lowest BCUT2D eigenvalue weighted by atomic mass is 9.81. The average Bonchev–Trinajstić information content (AvgIpc) is 3.17. The summed E-state index contributed by atoms with van der Waals surface area (Å²) in [7, 11) is 1.64. The van der Waals surface area contributed by atoms with Gasteiger partial charge >= 0.3 is 5.97 Å². The molecule has 132 valence electrons. The third kappa shape index (κ3) is 3.16. The van der Waals surface area contributed by atoms with Crippen molar-refractivity contribution in [3.63, 3.8) is 0 Å². The fourth-order valence-electron chi connectivity index (χ4n) is 3.52. The Bertz CT molecular complexity index is 935. The molecule has 1 aliphatic rings. The highest BCUT2D eigenvalue weighted by molar-refractivity contribution is 7.13. The molecule has 0 radical (unpaired) electrons. The van der Waals surface area contributed by atoms with Crippen molar-refractivity contribution in [3.8, 4) is 21.8 Å². The van der Waals surface area contributed by atoms with Gasteiger partial charge in [-0.1, -0.05) is 42.5 Å². The number of hydrogen-bond donors (Lipinski definition) is 1. The third-order valence-electron chi connectivity index (χ3n) is 4.91. The van der Waals surface area contributed by atoms with Crippen LogP contribution < -0.4 is 0 Å².